The van der Waals surface area contributed by atoms with Gasteiger partial charge in [0.25, 0.3) is 5.91 Å². The van der Waals surface area contributed by atoms with Crippen molar-refractivity contribution in [2.75, 3.05) is 32.6 Å². The number of anilines is 1. The molecule has 1 amide bonds. The first kappa shape index (κ1) is 14.3. The number of nitrogen functional groups attached to an aromatic ring is 1. The number of aryl methyl sites for hydroxylation is 1. The lowest BCUT2D eigenvalue weighted by molar-refractivity contribution is -0.123. The second-order valence-electron chi connectivity index (χ2n) is 4.00. The molecule has 0 saturated carbocycles. The molecular formula is C13H20N2O3. The number of nitrogens with one attached hydrogen (secondary N) is 1. The molecule has 0 bridgehead atoms. The van der Waals surface area contributed by atoms with Crippen molar-refractivity contribution in [2.45, 2.75) is 13.3 Å². The van der Waals surface area contributed by atoms with Gasteiger partial charge in [-0.2, -0.15) is 0 Å². The third-order valence-electron chi connectivity index (χ3n) is 2.46. The summed E-state index contributed by atoms with van der Waals surface area (Å²) in [7, 11) is 1.63. The molecule has 0 unspecified atom stereocenters. The minimum Gasteiger partial charge on any atom is -0.484 e. The Bertz CT molecular complexity index is 394. The van der Waals surface area contributed by atoms with Crippen LogP contribution in [-0.4, -0.2) is 32.8 Å². The van der Waals surface area contributed by atoms with E-state index in [1.165, 1.54) is 0 Å². The third kappa shape index (κ3) is 5.05. The van der Waals surface area contributed by atoms with Crippen molar-refractivity contribution in [1.82, 2.24) is 5.32 Å². The van der Waals surface area contributed by atoms with E-state index in [1.54, 1.807) is 19.2 Å². The van der Waals surface area contributed by atoms with Gasteiger partial charge in [0.2, 0.25) is 0 Å². The lowest BCUT2D eigenvalue weighted by Crippen LogP contribution is -2.30. The van der Waals surface area contributed by atoms with E-state index in [0.29, 0.717) is 24.6 Å². The molecule has 0 atom stereocenters. The Hall–Kier alpha value is -1.75. The van der Waals surface area contributed by atoms with Gasteiger partial charge >= 0.3 is 0 Å². The zero-order valence-electron chi connectivity index (χ0n) is 10.9. The van der Waals surface area contributed by atoms with Gasteiger partial charge in [-0.15, -0.1) is 0 Å². The Morgan fingerprint density at radius 2 is 2.22 bits per heavy atom. The highest BCUT2D eigenvalue weighted by molar-refractivity contribution is 5.77. The molecule has 0 aromatic heterocycles. The summed E-state index contributed by atoms with van der Waals surface area (Å²) in [6.45, 7) is 3.14. The average molecular weight is 252 g/mol. The highest BCUT2D eigenvalue weighted by Gasteiger charge is 2.03. The zero-order valence-corrected chi connectivity index (χ0v) is 10.9. The number of ether oxygens (including phenoxy) is 2. The Kier molecular flexibility index (Phi) is 6.00. The number of hydrogen-bond acceptors (Lipinski definition) is 4. The largest absolute Gasteiger partial charge is 0.484 e. The molecule has 0 aliphatic carbocycles. The molecule has 1 aromatic rings. The molecule has 1 aromatic carbocycles. The van der Waals surface area contributed by atoms with E-state index in [0.717, 1.165) is 12.0 Å². The van der Waals surface area contributed by atoms with E-state index >= 15 is 0 Å². The summed E-state index contributed by atoms with van der Waals surface area (Å²) in [5.74, 6) is 0.509. The SMILES string of the molecule is COCCCNC(=O)COc1ccc(N)c(C)c1. The second-order valence-corrected chi connectivity index (χ2v) is 4.00. The fourth-order valence-electron chi connectivity index (χ4n) is 1.38. The summed E-state index contributed by atoms with van der Waals surface area (Å²) >= 11 is 0. The van der Waals surface area contributed by atoms with Gasteiger partial charge in [-0.1, -0.05) is 0 Å². The number of carbonyl (C=O) groups is 1. The Labute approximate surface area is 107 Å². The van der Waals surface area contributed by atoms with Crippen LogP contribution in [0.2, 0.25) is 0 Å². The van der Waals surface area contributed by atoms with Crippen LogP contribution in [0.3, 0.4) is 0 Å². The normalized spacial score (nSPS) is 10.1. The van der Waals surface area contributed by atoms with E-state index < -0.39 is 0 Å². The number of carbonyl (C=O) groups excluding carboxylic acids is 1. The van der Waals surface area contributed by atoms with Crippen LogP contribution in [0.5, 0.6) is 5.75 Å². The number of amides is 1. The number of nitrogens with two attached hydrogens (primary N) is 1. The van der Waals surface area contributed by atoms with Crippen molar-refractivity contribution in [3.8, 4) is 5.75 Å². The molecule has 5 nitrogen and oxygen atoms in total. The maximum Gasteiger partial charge on any atom is 0.257 e. The Morgan fingerprint density at radius 1 is 1.44 bits per heavy atom. The van der Waals surface area contributed by atoms with Gasteiger partial charge in [0.15, 0.2) is 6.61 Å². The molecular weight excluding hydrogens is 232 g/mol. The molecule has 0 aliphatic heterocycles. The Balaban J connectivity index is 2.27. The van der Waals surface area contributed by atoms with Crippen LogP contribution in [0.15, 0.2) is 18.2 Å². The van der Waals surface area contributed by atoms with Crippen LogP contribution in [-0.2, 0) is 9.53 Å². The minimum atomic E-state index is -0.138. The molecule has 3 N–H and O–H groups in total. The first-order chi connectivity index (χ1) is 8.63. The molecule has 0 aliphatic rings. The van der Waals surface area contributed by atoms with Crippen molar-refractivity contribution in [3.05, 3.63) is 23.8 Å². The van der Waals surface area contributed by atoms with Crippen molar-refractivity contribution in [2.24, 2.45) is 0 Å². The van der Waals surface area contributed by atoms with Gasteiger partial charge in [-0.3, -0.25) is 4.79 Å². The molecule has 0 heterocycles. The second kappa shape index (κ2) is 7.55. The van der Waals surface area contributed by atoms with Gasteiger partial charge in [-0.05, 0) is 37.1 Å². The highest BCUT2D eigenvalue weighted by Crippen LogP contribution is 2.18. The zero-order chi connectivity index (χ0) is 13.4. The van der Waals surface area contributed by atoms with E-state index in [9.17, 15) is 4.79 Å². The predicted octanol–water partition coefficient (Wildman–Crippen LogP) is 1.11. The van der Waals surface area contributed by atoms with Gasteiger partial charge in [0.05, 0.1) is 0 Å². The monoisotopic (exact) mass is 252 g/mol. The smallest absolute Gasteiger partial charge is 0.257 e. The van der Waals surface area contributed by atoms with Crippen LogP contribution in [0.1, 0.15) is 12.0 Å². The van der Waals surface area contributed by atoms with E-state index in [4.69, 9.17) is 15.2 Å². The minimum absolute atomic E-state index is 0.0103. The van der Waals surface area contributed by atoms with Crippen LogP contribution in [0.25, 0.3) is 0 Å². The van der Waals surface area contributed by atoms with Gasteiger partial charge in [-0.25, -0.2) is 0 Å². The van der Waals surface area contributed by atoms with Crippen LogP contribution < -0.4 is 15.8 Å². The number of methoxy groups -OCH3 is 1. The van der Waals surface area contributed by atoms with Gasteiger partial charge < -0.3 is 20.5 Å². The third-order valence-corrected chi connectivity index (χ3v) is 2.46. The van der Waals surface area contributed by atoms with Crippen molar-refractivity contribution in [1.29, 1.82) is 0 Å². The number of rotatable bonds is 7. The summed E-state index contributed by atoms with van der Waals surface area (Å²) in [5, 5.41) is 2.75. The summed E-state index contributed by atoms with van der Waals surface area (Å²) in [6, 6.07) is 5.33. The molecule has 18 heavy (non-hydrogen) atoms. The molecule has 0 fully saturated rings. The first-order valence-corrected chi connectivity index (χ1v) is 5.88. The van der Waals surface area contributed by atoms with Crippen molar-refractivity contribution in [3.63, 3.8) is 0 Å². The maximum absolute atomic E-state index is 11.4. The molecule has 100 valence electrons. The number of hydrogen-bond donors (Lipinski definition) is 2. The lowest BCUT2D eigenvalue weighted by Gasteiger charge is -2.08. The predicted molar refractivity (Wildman–Crippen MR) is 70.6 cm³/mol. The maximum atomic E-state index is 11.4. The lowest BCUT2D eigenvalue weighted by atomic mass is 10.2. The summed E-state index contributed by atoms with van der Waals surface area (Å²) in [6.07, 6.45) is 0.795. The fraction of sp³-hybridized carbons (Fsp3) is 0.462. The number of benzene rings is 1. The molecule has 0 radical (unpaired) electrons. The van der Waals surface area contributed by atoms with E-state index in [-0.39, 0.29) is 12.5 Å². The van der Waals surface area contributed by atoms with E-state index in [2.05, 4.69) is 5.32 Å². The van der Waals surface area contributed by atoms with Crippen LogP contribution in [0.4, 0.5) is 5.69 Å². The molecule has 0 spiro atoms. The topological polar surface area (TPSA) is 73.6 Å². The van der Waals surface area contributed by atoms with Gasteiger partial charge in [0, 0.05) is 25.9 Å². The van der Waals surface area contributed by atoms with Gasteiger partial charge in [0.1, 0.15) is 5.75 Å². The summed E-state index contributed by atoms with van der Waals surface area (Å²) < 4.78 is 10.2. The molecule has 1 rings (SSSR count). The first-order valence-electron chi connectivity index (χ1n) is 5.88. The standard InChI is InChI=1S/C13H20N2O3/c1-10-8-11(4-5-12(10)14)18-9-13(16)15-6-3-7-17-2/h4-5,8H,3,6-7,9,14H2,1-2H3,(H,15,16). The molecule has 0 saturated heterocycles. The van der Waals surface area contributed by atoms with E-state index in [1.807, 2.05) is 13.0 Å². The quantitative estimate of drug-likeness (QED) is 0.563. The van der Waals surface area contributed by atoms with Crippen molar-refractivity contribution >= 4 is 11.6 Å². The summed E-state index contributed by atoms with van der Waals surface area (Å²) in [5.41, 5.74) is 7.34. The van der Waals surface area contributed by atoms with Crippen molar-refractivity contribution < 1.29 is 14.3 Å². The Morgan fingerprint density at radius 3 is 2.89 bits per heavy atom. The molecule has 5 heteroatoms. The van der Waals surface area contributed by atoms with Crippen LogP contribution in [0, 0.1) is 6.92 Å². The fourth-order valence-corrected chi connectivity index (χ4v) is 1.38. The average Bonchev–Trinajstić information content (AvgIpc) is 2.36. The van der Waals surface area contributed by atoms with Crippen LogP contribution >= 0.6 is 0 Å². The summed E-state index contributed by atoms with van der Waals surface area (Å²) in [4.78, 5) is 11.4. The highest BCUT2D eigenvalue weighted by atomic mass is 16.5.